The predicted molar refractivity (Wildman–Crippen MR) is 73.5 cm³/mol. The average molecular weight is 263 g/mol. The molecule has 0 unspecified atom stereocenters. The summed E-state index contributed by atoms with van der Waals surface area (Å²) >= 11 is 0. The first-order valence-corrected chi connectivity index (χ1v) is 6.79. The third kappa shape index (κ3) is 3.70. The van der Waals surface area contributed by atoms with Gasteiger partial charge >= 0.3 is 0 Å². The maximum Gasteiger partial charge on any atom is 0.246 e. The van der Waals surface area contributed by atoms with Crippen LogP contribution in [0, 0.1) is 6.92 Å². The molecule has 1 amide bonds. The van der Waals surface area contributed by atoms with Gasteiger partial charge in [0.2, 0.25) is 5.91 Å². The van der Waals surface area contributed by atoms with Gasteiger partial charge in [0.15, 0.2) is 0 Å². The Hall–Kier alpha value is -1.55. The fourth-order valence-electron chi connectivity index (χ4n) is 2.56. The second-order valence-electron chi connectivity index (χ2n) is 5.19. The summed E-state index contributed by atoms with van der Waals surface area (Å²) in [6.45, 7) is 4.42. The first kappa shape index (κ1) is 13.9. The van der Waals surface area contributed by atoms with Crippen molar-refractivity contribution in [3.05, 3.63) is 29.7 Å². The molecule has 0 radical (unpaired) electrons. The minimum absolute atomic E-state index is 0.00259. The number of hydrogen-bond acceptors (Lipinski definition) is 3. The Bertz CT molecular complexity index is 462. The van der Waals surface area contributed by atoms with Crippen LogP contribution < -0.4 is 0 Å². The van der Waals surface area contributed by atoms with Crippen LogP contribution in [0.3, 0.4) is 0 Å². The second kappa shape index (κ2) is 6.06. The van der Waals surface area contributed by atoms with Crippen molar-refractivity contribution in [3.63, 3.8) is 0 Å². The highest BCUT2D eigenvalue weighted by atomic mass is 16.3. The Morgan fingerprint density at radius 1 is 1.63 bits per heavy atom. The fourth-order valence-corrected chi connectivity index (χ4v) is 2.56. The lowest BCUT2D eigenvalue weighted by Gasteiger charge is -2.24. The molecule has 0 aromatic carbocycles. The van der Waals surface area contributed by atoms with Gasteiger partial charge in [-0.2, -0.15) is 0 Å². The highest BCUT2D eigenvalue weighted by molar-refractivity contribution is 5.91. The summed E-state index contributed by atoms with van der Waals surface area (Å²) in [6, 6.07) is 3.88. The van der Waals surface area contributed by atoms with E-state index in [0.29, 0.717) is 12.2 Å². The Morgan fingerprint density at radius 3 is 3.05 bits per heavy atom. The number of aliphatic hydroxyl groups is 1. The van der Waals surface area contributed by atoms with Crippen molar-refractivity contribution < 1.29 is 14.3 Å². The quantitative estimate of drug-likeness (QED) is 0.848. The lowest BCUT2D eigenvalue weighted by Crippen LogP contribution is -2.36. The van der Waals surface area contributed by atoms with Crippen molar-refractivity contribution in [2.45, 2.75) is 45.3 Å². The maximum atomic E-state index is 12.1. The van der Waals surface area contributed by atoms with Crippen LogP contribution in [0.5, 0.6) is 0 Å². The smallest absolute Gasteiger partial charge is 0.246 e. The third-order valence-corrected chi connectivity index (χ3v) is 3.42. The van der Waals surface area contributed by atoms with Gasteiger partial charge in [-0.15, -0.1) is 0 Å². The topological polar surface area (TPSA) is 53.7 Å². The molecule has 1 aromatic heterocycles. The summed E-state index contributed by atoms with van der Waals surface area (Å²) in [7, 11) is 0. The molecule has 1 fully saturated rings. The highest BCUT2D eigenvalue weighted by Crippen LogP contribution is 2.22. The van der Waals surface area contributed by atoms with Gasteiger partial charge in [0, 0.05) is 18.7 Å². The zero-order chi connectivity index (χ0) is 13.8. The first-order valence-electron chi connectivity index (χ1n) is 6.79. The summed E-state index contributed by atoms with van der Waals surface area (Å²) in [4.78, 5) is 14.0. The number of carbonyl (C=O) groups excluding carboxylic acids is 1. The molecule has 2 heterocycles. The molecule has 0 bridgehead atoms. The molecule has 0 aliphatic carbocycles. The summed E-state index contributed by atoms with van der Waals surface area (Å²) in [5, 5.41) is 9.45. The van der Waals surface area contributed by atoms with E-state index < -0.39 is 0 Å². The van der Waals surface area contributed by atoms with E-state index in [-0.39, 0.29) is 18.1 Å². The molecule has 1 aliphatic rings. The molecule has 0 saturated carbocycles. The minimum atomic E-state index is -0.366. The van der Waals surface area contributed by atoms with Crippen molar-refractivity contribution in [3.8, 4) is 0 Å². The van der Waals surface area contributed by atoms with Crippen LogP contribution in [0.15, 0.2) is 22.6 Å². The minimum Gasteiger partial charge on any atom is -0.462 e. The van der Waals surface area contributed by atoms with E-state index >= 15 is 0 Å². The van der Waals surface area contributed by atoms with Crippen LogP contribution in [0.25, 0.3) is 6.08 Å². The molecule has 4 heteroatoms. The van der Waals surface area contributed by atoms with Crippen LogP contribution in [-0.4, -0.2) is 34.6 Å². The lowest BCUT2D eigenvalue weighted by molar-refractivity contribution is -0.127. The summed E-state index contributed by atoms with van der Waals surface area (Å²) in [5.41, 5.74) is 0. The molecule has 4 nitrogen and oxygen atoms in total. The number of nitrogens with zero attached hydrogens (tertiary/aromatic N) is 1. The van der Waals surface area contributed by atoms with Crippen LogP contribution in [0.4, 0.5) is 0 Å². The van der Waals surface area contributed by atoms with Gasteiger partial charge in [-0.1, -0.05) is 0 Å². The van der Waals surface area contributed by atoms with Gasteiger partial charge in [-0.05, 0) is 51.3 Å². The van der Waals surface area contributed by atoms with Gasteiger partial charge in [-0.3, -0.25) is 4.79 Å². The van der Waals surface area contributed by atoms with Crippen LogP contribution in [0.2, 0.25) is 0 Å². The Morgan fingerprint density at radius 2 is 2.42 bits per heavy atom. The largest absolute Gasteiger partial charge is 0.462 e. The van der Waals surface area contributed by atoms with Crippen LogP contribution in [-0.2, 0) is 4.79 Å². The summed E-state index contributed by atoms with van der Waals surface area (Å²) < 4.78 is 5.39. The number of amides is 1. The molecule has 2 rings (SSSR count). The fraction of sp³-hybridized carbons (Fsp3) is 0.533. The number of furan rings is 1. The molecule has 1 aliphatic heterocycles. The number of aliphatic hydroxyl groups excluding tert-OH is 1. The van der Waals surface area contributed by atoms with Crippen molar-refractivity contribution >= 4 is 12.0 Å². The number of likely N-dealkylation sites (tertiary alicyclic amines) is 1. The average Bonchev–Trinajstić information content (AvgIpc) is 2.94. The van der Waals surface area contributed by atoms with Crippen molar-refractivity contribution in [1.82, 2.24) is 4.90 Å². The normalized spacial score (nSPS) is 21.2. The van der Waals surface area contributed by atoms with E-state index in [4.69, 9.17) is 4.42 Å². The van der Waals surface area contributed by atoms with Gasteiger partial charge in [0.25, 0.3) is 0 Å². The highest BCUT2D eigenvalue weighted by Gasteiger charge is 2.28. The standard InChI is InChI=1S/C15H21NO3/c1-11(17)10-13-4-3-9-16(13)15(18)8-7-14-6-5-12(2)19-14/h5-8,11,13,17H,3-4,9-10H2,1-2H3/b8-7+/t11-,13+/m1/s1. The number of rotatable bonds is 4. The number of aryl methyl sites for hydroxylation is 1. The van der Waals surface area contributed by atoms with E-state index in [0.717, 1.165) is 25.1 Å². The molecule has 1 saturated heterocycles. The Labute approximate surface area is 113 Å². The molecule has 1 aromatic rings. The van der Waals surface area contributed by atoms with E-state index in [1.54, 1.807) is 19.1 Å². The van der Waals surface area contributed by atoms with Gasteiger partial charge in [-0.25, -0.2) is 0 Å². The molecule has 104 valence electrons. The van der Waals surface area contributed by atoms with Gasteiger partial charge in [0.05, 0.1) is 6.10 Å². The second-order valence-corrected chi connectivity index (χ2v) is 5.19. The molecule has 19 heavy (non-hydrogen) atoms. The monoisotopic (exact) mass is 263 g/mol. The Kier molecular flexibility index (Phi) is 4.43. The SMILES string of the molecule is Cc1ccc(/C=C/C(=O)N2CCC[C@H]2C[C@@H](C)O)o1. The lowest BCUT2D eigenvalue weighted by atomic mass is 10.1. The predicted octanol–water partition coefficient (Wildman–Crippen LogP) is 2.36. The number of carbonyl (C=O) groups is 1. The summed E-state index contributed by atoms with van der Waals surface area (Å²) in [6.07, 6.45) is 5.53. The zero-order valence-corrected chi connectivity index (χ0v) is 11.5. The molecule has 1 N–H and O–H groups in total. The van der Waals surface area contributed by atoms with E-state index in [9.17, 15) is 9.90 Å². The van der Waals surface area contributed by atoms with Crippen LogP contribution in [0.1, 0.15) is 37.7 Å². The zero-order valence-electron chi connectivity index (χ0n) is 11.5. The first-order chi connectivity index (χ1) is 9.06. The molecular formula is C15H21NO3. The Balaban J connectivity index is 1.97. The molecule has 2 atom stereocenters. The van der Waals surface area contributed by atoms with E-state index in [1.165, 1.54) is 0 Å². The van der Waals surface area contributed by atoms with Gasteiger partial charge < -0.3 is 14.4 Å². The van der Waals surface area contributed by atoms with Crippen molar-refractivity contribution in [2.75, 3.05) is 6.54 Å². The maximum absolute atomic E-state index is 12.1. The van der Waals surface area contributed by atoms with E-state index in [2.05, 4.69) is 0 Å². The van der Waals surface area contributed by atoms with Crippen molar-refractivity contribution in [1.29, 1.82) is 0 Å². The van der Waals surface area contributed by atoms with Gasteiger partial charge in [0.1, 0.15) is 11.5 Å². The summed E-state index contributed by atoms with van der Waals surface area (Å²) in [5.74, 6) is 1.52. The third-order valence-electron chi connectivity index (χ3n) is 3.42. The van der Waals surface area contributed by atoms with Crippen molar-refractivity contribution in [2.24, 2.45) is 0 Å². The van der Waals surface area contributed by atoms with E-state index in [1.807, 2.05) is 24.0 Å². The molecule has 0 spiro atoms. The number of hydrogen-bond donors (Lipinski definition) is 1. The van der Waals surface area contributed by atoms with Crippen LogP contribution >= 0.6 is 0 Å². The molecular weight excluding hydrogens is 242 g/mol.